The second kappa shape index (κ2) is 4.72. The fraction of sp³-hybridized carbons (Fsp3) is 0.333. The summed E-state index contributed by atoms with van der Waals surface area (Å²) in [5.74, 6) is -0.184. The Balaban J connectivity index is 1.90. The van der Waals surface area contributed by atoms with Crippen LogP contribution in [-0.2, 0) is 0 Å². The van der Waals surface area contributed by atoms with Gasteiger partial charge in [-0.05, 0) is 18.6 Å². The second-order valence-electron chi connectivity index (χ2n) is 5.25. The van der Waals surface area contributed by atoms with Crippen LogP contribution in [0.4, 0.5) is 0 Å². The van der Waals surface area contributed by atoms with Gasteiger partial charge in [-0.2, -0.15) is 0 Å². The molecule has 1 saturated heterocycles. The number of hydrogen-bond acceptors (Lipinski definition) is 3. The highest BCUT2D eigenvalue weighted by Crippen LogP contribution is 2.28. The summed E-state index contributed by atoms with van der Waals surface area (Å²) in [6.07, 6.45) is 0.642. The number of rotatable bonds is 2. The molecule has 104 valence electrons. The lowest BCUT2D eigenvalue weighted by molar-refractivity contribution is -0.0828. The lowest BCUT2D eigenvalue weighted by Crippen LogP contribution is -2.63. The van der Waals surface area contributed by atoms with E-state index in [0.29, 0.717) is 35.7 Å². The molecule has 0 aliphatic carbocycles. The summed E-state index contributed by atoms with van der Waals surface area (Å²) in [5, 5.41) is 11.3. The third kappa shape index (κ3) is 2.15. The number of aromatic nitrogens is 1. The van der Waals surface area contributed by atoms with Crippen molar-refractivity contribution >= 4 is 28.4 Å². The lowest BCUT2D eigenvalue weighted by atomic mass is 9.91. The highest BCUT2D eigenvalue weighted by molar-refractivity contribution is 6.35. The van der Waals surface area contributed by atoms with Gasteiger partial charge in [-0.3, -0.25) is 4.79 Å². The summed E-state index contributed by atoms with van der Waals surface area (Å²) >= 11 is 6.20. The average Bonchev–Trinajstić information content (AvgIpc) is 2.43. The monoisotopic (exact) mass is 290 g/mol. The summed E-state index contributed by atoms with van der Waals surface area (Å²) in [6, 6.07) is 9.04. The number of benzene rings is 1. The number of fused-ring (bicyclic) bond motifs is 1. The number of aliphatic hydroxyl groups is 1. The largest absolute Gasteiger partial charge is 0.386 e. The number of para-hydroxylation sites is 1. The second-order valence-corrected chi connectivity index (χ2v) is 5.65. The van der Waals surface area contributed by atoms with Crippen molar-refractivity contribution in [3.63, 3.8) is 0 Å². The van der Waals surface area contributed by atoms with E-state index < -0.39 is 5.60 Å². The third-order valence-corrected chi connectivity index (χ3v) is 4.11. The molecular formula is C15H15ClN2O2. The quantitative estimate of drug-likeness (QED) is 0.924. The fourth-order valence-corrected chi connectivity index (χ4v) is 2.70. The SMILES string of the molecule is CCC1(O)CN(C(=O)c2cc(Cl)c3ccccc3n2)C1. The highest BCUT2D eigenvalue weighted by Gasteiger charge is 2.42. The van der Waals surface area contributed by atoms with Gasteiger partial charge in [0.15, 0.2) is 0 Å². The first-order chi connectivity index (χ1) is 9.52. The zero-order valence-electron chi connectivity index (χ0n) is 11.1. The van der Waals surface area contributed by atoms with Crippen LogP contribution in [0.25, 0.3) is 10.9 Å². The van der Waals surface area contributed by atoms with Crippen LogP contribution in [0, 0.1) is 0 Å². The van der Waals surface area contributed by atoms with Gasteiger partial charge >= 0.3 is 0 Å². The first kappa shape index (κ1) is 13.3. The number of amides is 1. The molecule has 0 saturated carbocycles. The Bertz CT molecular complexity index is 681. The van der Waals surface area contributed by atoms with Gasteiger partial charge < -0.3 is 10.0 Å². The van der Waals surface area contributed by atoms with Crippen molar-refractivity contribution in [3.05, 3.63) is 41.0 Å². The number of halogens is 1. The van der Waals surface area contributed by atoms with Crippen molar-refractivity contribution < 1.29 is 9.90 Å². The number of likely N-dealkylation sites (tertiary alicyclic amines) is 1. The van der Waals surface area contributed by atoms with E-state index in [-0.39, 0.29) is 5.91 Å². The Labute approximate surface area is 122 Å². The minimum atomic E-state index is -0.740. The Morgan fingerprint density at radius 1 is 1.45 bits per heavy atom. The van der Waals surface area contributed by atoms with Crippen LogP contribution < -0.4 is 0 Å². The molecule has 1 aliphatic heterocycles. The number of hydrogen-bond donors (Lipinski definition) is 1. The molecule has 1 amide bonds. The molecule has 1 N–H and O–H groups in total. The third-order valence-electron chi connectivity index (χ3n) is 3.80. The Morgan fingerprint density at radius 3 is 2.85 bits per heavy atom. The van der Waals surface area contributed by atoms with E-state index in [9.17, 15) is 9.90 Å². The smallest absolute Gasteiger partial charge is 0.272 e. The molecule has 0 unspecified atom stereocenters. The Morgan fingerprint density at radius 2 is 2.15 bits per heavy atom. The van der Waals surface area contributed by atoms with E-state index in [4.69, 9.17) is 11.6 Å². The number of pyridine rings is 1. The van der Waals surface area contributed by atoms with Crippen molar-refractivity contribution in [2.45, 2.75) is 18.9 Å². The van der Waals surface area contributed by atoms with Gasteiger partial charge in [0.2, 0.25) is 0 Å². The molecule has 1 aromatic carbocycles. The topological polar surface area (TPSA) is 53.4 Å². The molecule has 2 heterocycles. The average molecular weight is 291 g/mol. The first-order valence-electron chi connectivity index (χ1n) is 6.59. The van der Waals surface area contributed by atoms with Crippen molar-refractivity contribution in [1.29, 1.82) is 0 Å². The molecule has 1 fully saturated rings. The molecule has 5 heteroatoms. The molecule has 0 radical (unpaired) electrons. The van der Waals surface area contributed by atoms with Crippen LogP contribution in [0.15, 0.2) is 30.3 Å². The first-order valence-corrected chi connectivity index (χ1v) is 6.97. The molecule has 0 spiro atoms. The van der Waals surface area contributed by atoms with Crippen LogP contribution in [0.5, 0.6) is 0 Å². The maximum atomic E-state index is 12.3. The van der Waals surface area contributed by atoms with Gasteiger partial charge in [-0.1, -0.05) is 36.7 Å². The lowest BCUT2D eigenvalue weighted by Gasteiger charge is -2.45. The standard InChI is InChI=1S/C15H15ClN2O2/c1-2-15(20)8-18(9-15)14(19)13-7-11(16)10-5-3-4-6-12(10)17-13/h3-7,20H,2,8-9H2,1H3. The molecule has 4 nitrogen and oxygen atoms in total. The van der Waals surface area contributed by atoms with E-state index >= 15 is 0 Å². The van der Waals surface area contributed by atoms with E-state index in [1.54, 1.807) is 11.0 Å². The van der Waals surface area contributed by atoms with E-state index in [1.807, 2.05) is 31.2 Å². The summed E-state index contributed by atoms with van der Waals surface area (Å²) in [7, 11) is 0. The minimum Gasteiger partial charge on any atom is -0.386 e. The van der Waals surface area contributed by atoms with Crippen molar-refractivity contribution in [2.75, 3.05) is 13.1 Å². The predicted octanol–water partition coefficient (Wildman–Crippen LogP) is 2.49. The van der Waals surface area contributed by atoms with Crippen molar-refractivity contribution in [1.82, 2.24) is 9.88 Å². The van der Waals surface area contributed by atoms with Crippen molar-refractivity contribution in [2.24, 2.45) is 0 Å². The van der Waals surface area contributed by atoms with Gasteiger partial charge in [0.05, 0.1) is 29.2 Å². The number of nitrogens with zero attached hydrogens (tertiary/aromatic N) is 2. The van der Waals surface area contributed by atoms with Gasteiger partial charge in [-0.25, -0.2) is 4.98 Å². The van der Waals surface area contributed by atoms with E-state index in [1.165, 1.54) is 0 Å². The molecule has 0 atom stereocenters. The molecule has 20 heavy (non-hydrogen) atoms. The zero-order valence-corrected chi connectivity index (χ0v) is 11.9. The molecular weight excluding hydrogens is 276 g/mol. The van der Waals surface area contributed by atoms with E-state index in [0.717, 1.165) is 5.39 Å². The van der Waals surface area contributed by atoms with Gasteiger partial charge in [0.1, 0.15) is 5.69 Å². The highest BCUT2D eigenvalue weighted by atomic mass is 35.5. The normalized spacial score (nSPS) is 17.1. The molecule has 2 aromatic rings. The minimum absolute atomic E-state index is 0.184. The maximum Gasteiger partial charge on any atom is 0.272 e. The fourth-order valence-electron chi connectivity index (χ4n) is 2.44. The van der Waals surface area contributed by atoms with Gasteiger partial charge in [-0.15, -0.1) is 0 Å². The van der Waals surface area contributed by atoms with Crippen LogP contribution in [0.3, 0.4) is 0 Å². The van der Waals surface area contributed by atoms with Crippen LogP contribution >= 0.6 is 11.6 Å². The summed E-state index contributed by atoms with van der Waals surface area (Å²) in [4.78, 5) is 18.3. The Kier molecular flexibility index (Phi) is 3.15. The summed E-state index contributed by atoms with van der Waals surface area (Å²) in [6.45, 7) is 2.62. The Hall–Kier alpha value is -1.65. The molecule has 0 bridgehead atoms. The van der Waals surface area contributed by atoms with Gasteiger partial charge in [0.25, 0.3) is 5.91 Å². The number of β-amino-alcohol motifs (C(OH)–C–C–N with tert-alkyl or cyclic N) is 1. The van der Waals surface area contributed by atoms with Crippen LogP contribution in [-0.4, -0.2) is 39.6 Å². The van der Waals surface area contributed by atoms with Crippen LogP contribution in [0.2, 0.25) is 5.02 Å². The maximum absolute atomic E-state index is 12.3. The molecule has 3 rings (SSSR count). The zero-order chi connectivity index (χ0) is 14.3. The summed E-state index contributed by atoms with van der Waals surface area (Å²) in [5.41, 5.74) is 0.289. The number of carbonyl (C=O) groups excluding carboxylic acids is 1. The molecule has 1 aromatic heterocycles. The number of carbonyl (C=O) groups is 1. The summed E-state index contributed by atoms with van der Waals surface area (Å²) < 4.78 is 0. The van der Waals surface area contributed by atoms with Crippen molar-refractivity contribution in [3.8, 4) is 0 Å². The van der Waals surface area contributed by atoms with Gasteiger partial charge in [0, 0.05) is 5.39 Å². The predicted molar refractivity (Wildman–Crippen MR) is 77.9 cm³/mol. The van der Waals surface area contributed by atoms with Crippen LogP contribution in [0.1, 0.15) is 23.8 Å². The van der Waals surface area contributed by atoms with E-state index in [2.05, 4.69) is 4.98 Å². The molecule has 1 aliphatic rings.